The Labute approximate surface area is 224 Å². The number of ether oxygens (including phenoxy) is 1. The summed E-state index contributed by atoms with van der Waals surface area (Å²) in [6.07, 6.45) is 6.18. The fraction of sp³-hybridized carbons (Fsp3) is 0.700. The van der Waals surface area contributed by atoms with E-state index < -0.39 is 16.6 Å². The molecule has 0 unspecified atom stereocenters. The van der Waals surface area contributed by atoms with Crippen molar-refractivity contribution >= 4 is 22.4 Å². The van der Waals surface area contributed by atoms with Crippen molar-refractivity contribution in [2.24, 2.45) is 5.92 Å². The first-order valence-corrected chi connectivity index (χ1v) is 19.5. The van der Waals surface area contributed by atoms with E-state index in [4.69, 9.17) is 13.6 Å². The molecule has 6 heteroatoms. The van der Waals surface area contributed by atoms with Gasteiger partial charge in [0.05, 0.1) is 19.3 Å². The third-order valence-corrected chi connectivity index (χ3v) is 14.1. The van der Waals surface area contributed by atoms with Gasteiger partial charge in [-0.3, -0.25) is 4.79 Å². The maximum Gasteiger partial charge on any atom is 0.200 e. The van der Waals surface area contributed by atoms with Gasteiger partial charge in [-0.1, -0.05) is 84.9 Å². The van der Waals surface area contributed by atoms with Crippen molar-refractivity contribution < 1.29 is 18.4 Å². The summed E-state index contributed by atoms with van der Waals surface area (Å²) in [5, 5.41) is 0. The zero-order valence-electron chi connectivity index (χ0n) is 24.8. The molecule has 1 aromatic carbocycles. The Kier molecular flexibility index (Phi) is 14.7. The van der Waals surface area contributed by atoms with Gasteiger partial charge < -0.3 is 13.6 Å². The van der Waals surface area contributed by atoms with Gasteiger partial charge in [-0.15, -0.1) is 0 Å². The summed E-state index contributed by atoms with van der Waals surface area (Å²) in [5.74, 6) is 0.278. The van der Waals surface area contributed by atoms with Crippen LogP contribution in [0.1, 0.15) is 73.3 Å². The normalized spacial score (nSPS) is 14.8. The molecule has 4 nitrogen and oxygen atoms in total. The molecule has 1 rings (SSSR count). The number of carbonyl (C=O) groups excluding carboxylic acids is 1. The SMILES string of the molecule is CC(C)[Si](OCCC[C@H](O[Si](C)(C)C)[C@@H](C)/C=C/C(=O)CCOCc1ccccc1)(C(C)C)C(C)C. The van der Waals surface area contributed by atoms with Crippen LogP contribution in [0.25, 0.3) is 0 Å². The molecule has 0 saturated heterocycles. The lowest BCUT2D eigenvalue weighted by atomic mass is 9.99. The monoisotopic (exact) mass is 534 g/mol. The van der Waals surface area contributed by atoms with Crippen LogP contribution in [-0.2, 0) is 25.0 Å². The summed E-state index contributed by atoms with van der Waals surface area (Å²) in [7, 11) is -3.56. The first-order valence-electron chi connectivity index (χ1n) is 13.9. The molecule has 0 fully saturated rings. The molecule has 0 aliphatic rings. The van der Waals surface area contributed by atoms with Crippen LogP contribution >= 0.6 is 0 Å². The molecular weight excluding hydrogens is 480 g/mol. The molecule has 0 N–H and O–H groups in total. The predicted molar refractivity (Wildman–Crippen MR) is 158 cm³/mol. The molecule has 0 saturated carbocycles. The van der Waals surface area contributed by atoms with E-state index in [9.17, 15) is 4.79 Å². The smallest absolute Gasteiger partial charge is 0.200 e. The van der Waals surface area contributed by atoms with E-state index in [0.717, 1.165) is 25.0 Å². The van der Waals surface area contributed by atoms with E-state index >= 15 is 0 Å². The highest BCUT2D eigenvalue weighted by atomic mass is 28.4. The van der Waals surface area contributed by atoms with E-state index in [1.54, 1.807) is 6.08 Å². The largest absolute Gasteiger partial charge is 0.416 e. The van der Waals surface area contributed by atoms with E-state index in [1.807, 2.05) is 36.4 Å². The zero-order chi connectivity index (χ0) is 27.4. The molecule has 0 heterocycles. The molecule has 0 bridgehead atoms. The van der Waals surface area contributed by atoms with Gasteiger partial charge in [0.1, 0.15) is 0 Å². The first-order chi connectivity index (χ1) is 16.8. The average Bonchev–Trinajstić information content (AvgIpc) is 2.78. The molecule has 206 valence electrons. The lowest BCUT2D eigenvalue weighted by Crippen LogP contribution is -2.48. The Morgan fingerprint density at radius 1 is 0.889 bits per heavy atom. The van der Waals surface area contributed by atoms with Gasteiger partial charge in [0.15, 0.2) is 22.4 Å². The van der Waals surface area contributed by atoms with Gasteiger partial charge in [0.25, 0.3) is 0 Å². The maximum absolute atomic E-state index is 12.4. The Balaban J connectivity index is 2.61. The highest BCUT2D eigenvalue weighted by Crippen LogP contribution is 2.42. The van der Waals surface area contributed by atoms with Gasteiger partial charge in [-0.2, -0.15) is 0 Å². The summed E-state index contributed by atoms with van der Waals surface area (Å²) in [6, 6.07) is 10.0. The van der Waals surface area contributed by atoms with E-state index in [0.29, 0.717) is 36.3 Å². The fourth-order valence-corrected chi connectivity index (χ4v) is 12.1. The van der Waals surface area contributed by atoms with Crippen LogP contribution in [0, 0.1) is 5.92 Å². The van der Waals surface area contributed by atoms with E-state index in [2.05, 4.69) is 68.1 Å². The zero-order valence-corrected chi connectivity index (χ0v) is 26.8. The van der Waals surface area contributed by atoms with Crippen LogP contribution < -0.4 is 0 Å². The number of hydrogen-bond acceptors (Lipinski definition) is 4. The number of carbonyl (C=O) groups is 1. The van der Waals surface area contributed by atoms with E-state index in [-0.39, 0.29) is 17.8 Å². The minimum atomic E-state index is -1.84. The Bertz CT molecular complexity index is 747. The Morgan fingerprint density at radius 3 is 2.00 bits per heavy atom. The fourth-order valence-electron chi connectivity index (χ4n) is 5.32. The second-order valence-electron chi connectivity index (χ2n) is 12.0. The first kappa shape index (κ1) is 33.0. The average molecular weight is 535 g/mol. The van der Waals surface area contributed by atoms with Gasteiger partial charge in [-0.05, 0) is 66.7 Å². The van der Waals surface area contributed by atoms with Crippen molar-refractivity contribution in [1.82, 2.24) is 0 Å². The van der Waals surface area contributed by atoms with Crippen molar-refractivity contribution in [3.05, 3.63) is 48.0 Å². The molecular formula is C30H54O4Si2. The molecule has 0 radical (unpaired) electrons. The highest BCUT2D eigenvalue weighted by Gasteiger charge is 2.44. The van der Waals surface area contributed by atoms with Crippen LogP contribution in [0.2, 0.25) is 36.3 Å². The number of allylic oxidation sites excluding steroid dienone is 1. The van der Waals surface area contributed by atoms with Crippen LogP contribution in [0.4, 0.5) is 0 Å². The number of rotatable bonds is 18. The Morgan fingerprint density at radius 2 is 1.47 bits per heavy atom. The van der Waals surface area contributed by atoms with Crippen LogP contribution in [0.5, 0.6) is 0 Å². The third kappa shape index (κ3) is 11.6. The summed E-state index contributed by atoms with van der Waals surface area (Å²) in [6.45, 7) is 24.6. The standard InChI is InChI=1S/C30H54O4Si2/c1-24(2)36(25(3)4,26(5)6)33-21-14-17-30(34-35(8,9)10)27(7)18-19-29(31)20-22-32-23-28-15-12-11-13-16-28/h11-13,15-16,18-19,24-27,30H,14,17,20-23H2,1-10H3/b19-18+/t27-,30-/m0/s1. The van der Waals surface area contributed by atoms with Crippen LogP contribution in [0.15, 0.2) is 42.5 Å². The quantitative estimate of drug-likeness (QED) is 0.107. The number of hydrogen-bond donors (Lipinski definition) is 0. The van der Waals surface area contributed by atoms with E-state index in [1.165, 1.54) is 0 Å². The molecule has 2 atom stereocenters. The second-order valence-corrected chi connectivity index (χ2v) is 22.0. The van der Waals surface area contributed by atoms with Gasteiger partial charge in [0.2, 0.25) is 0 Å². The minimum absolute atomic E-state index is 0.103. The van der Waals surface area contributed by atoms with Crippen LogP contribution in [-0.4, -0.2) is 41.7 Å². The molecule has 36 heavy (non-hydrogen) atoms. The summed E-state index contributed by atoms with van der Waals surface area (Å²) >= 11 is 0. The summed E-state index contributed by atoms with van der Waals surface area (Å²) < 4.78 is 19.0. The Hall–Kier alpha value is -1.06. The van der Waals surface area contributed by atoms with Gasteiger partial charge in [0, 0.05) is 13.0 Å². The molecule has 0 spiro atoms. The van der Waals surface area contributed by atoms with Crippen molar-refractivity contribution in [1.29, 1.82) is 0 Å². The third-order valence-electron chi connectivity index (χ3n) is 6.97. The van der Waals surface area contributed by atoms with Crippen molar-refractivity contribution in [2.75, 3.05) is 13.2 Å². The van der Waals surface area contributed by atoms with Gasteiger partial charge >= 0.3 is 0 Å². The van der Waals surface area contributed by atoms with Crippen molar-refractivity contribution in [3.8, 4) is 0 Å². The van der Waals surface area contributed by atoms with Crippen LogP contribution in [0.3, 0.4) is 0 Å². The predicted octanol–water partition coefficient (Wildman–Crippen LogP) is 8.55. The minimum Gasteiger partial charge on any atom is -0.416 e. The molecule has 1 aromatic rings. The number of benzene rings is 1. The number of ketones is 1. The highest BCUT2D eigenvalue weighted by molar-refractivity contribution is 6.77. The molecule has 0 amide bonds. The summed E-state index contributed by atoms with van der Waals surface area (Å²) in [4.78, 5) is 12.4. The molecule has 0 aliphatic carbocycles. The lowest BCUT2D eigenvalue weighted by Gasteiger charge is -2.42. The second kappa shape index (κ2) is 16.0. The lowest BCUT2D eigenvalue weighted by molar-refractivity contribution is -0.115. The molecule has 0 aliphatic heterocycles. The van der Waals surface area contributed by atoms with Crippen molar-refractivity contribution in [2.45, 2.75) is 117 Å². The van der Waals surface area contributed by atoms with Gasteiger partial charge in [-0.25, -0.2) is 0 Å². The van der Waals surface area contributed by atoms with Crippen molar-refractivity contribution in [3.63, 3.8) is 0 Å². The topological polar surface area (TPSA) is 44.8 Å². The maximum atomic E-state index is 12.4. The summed E-state index contributed by atoms with van der Waals surface area (Å²) in [5.41, 5.74) is 2.91. The molecule has 0 aromatic heterocycles.